The molecule has 1 heterocycles. The van der Waals surface area contributed by atoms with Gasteiger partial charge in [0, 0.05) is 21.2 Å². The average molecular weight is 468 g/mol. The number of carbonyl (C=O) groups is 1. The van der Waals surface area contributed by atoms with E-state index in [0.29, 0.717) is 13.0 Å². The molecule has 4 nitrogen and oxygen atoms in total. The first kappa shape index (κ1) is 23.0. The van der Waals surface area contributed by atoms with Crippen LogP contribution >= 0.6 is 27.7 Å². The van der Waals surface area contributed by atoms with Crippen molar-refractivity contribution in [3.05, 3.63) is 70.2 Å². The monoisotopic (exact) mass is 467 g/mol. The molecule has 28 heavy (non-hydrogen) atoms. The quantitative estimate of drug-likeness (QED) is 0.274. The van der Waals surface area contributed by atoms with Crippen molar-refractivity contribution in [1.82, 2.24) is 4.98 Å². The fourth-order valence-corrected chi connectivity index (χ4v) is 3.49. The van der Waals surface area contributed by atoms with Crippen molar-refractivity contribution >= 4 is 80.2 Å². The Balaban J connectivity index is 0.00000280. The fourth-order valence-electron chi connectivity index (χ4n) is 2.43. The third kappa shape index (κ3) is 7.26. The number of nitrogens with zero attached hydrogens (tertiary/aromatic N) is 1. The molecule has 2 aromatic carbocycles. The van der Waals surface area contributed by atoms with Gasteiger partial charge in [-0.3, -0.25) is 4.79 Å². The first-order valence-electron chi connectivity index (χ1n) is 8.44. The first-order chi connectivity index (χ1) is 13.1. The van der Waals surface area contributed by atoms with Crippen molar-refractivity contribution in [3.8, 4) is 5.75 Å². The Labute approximate surface area is 198 Å². The topological polar surface area (TPSA) is 59.4 Å². The zero-order valence-electron chi connectivity index (χ0n) is 14.5. The van der Waals surface area contributed by atoms with Gasteiger partial charge in [-0.1, -0.05) is 45.9 Å². The van der Waals surface area contributed by atoms with Crippen LogP contribution in [0.3, 0.4) is 0 Å². The number of rotatable bonds is 8. The van der Waals surface area contributed by atoms with E-state index < -0.39 is 5.97 Å². The summed E-state index contributed by atoms with van der Waals surface area (Å²) in [6.45, 7) is 0.396. The number of fused-ring (bicyclic) bond motifs is 1. The molecule has 3 rings (SSSR count). The number of aliphatic carboxylic acids is 1. The van der Waals surface area contributed by atoms with Crippen molar-refractivity contribution in [3.63, 3.8) is 0 Å². The number of pyridine rings is 1. The molecule has 0 spiro atoms. The molecule has 0 amide bonds. The number of halogens is 1. The van der Waals surface area contributed by atoms with Crippen LogP contribution in [-0.2, 0) is 4.79 Å². The molecule has 1 aromatic heterocycles. The van der Waals surface area contributed by atoms with Crippen molar-refractivity contribution in [2.75, 3.05) is 6.61 Å². The van der Waals surface area contributed by atoms with Gasteiger partial charge in [0.2, 0.25) is 0 Å². The molecular weight excluding hydrogens is 449 g/mol. The van der Waals surface area contributed by atoms with Crippen LogP contribution in [0.15, 0.2) is 69.4 Å². The van der Waals surface area contributed by atoms with E-state index in [0.717, 1.165) is 31.7 Å². The molecule has 0 bridgehead atoms. The molecule has 0 aliphatic heterocycles. The second-order valence-electron chi connectivity index (χ2n) is 5.81. The molecule has 7 heteroatoms. The molecule has 0 saturated carbocycles. The van der Waals surface area contributed by atoms with Gasteiger partial charge in [-0.2, -0.15) is 0 Å². The minimum atomic E-state index is -0.803. The Morgan fingerprint density at radius 2 is 2.00 bits per heavy atom. The molecule has 0 aliphatic carbocycles. The van der Waals surface area contributed by atoms with Gasteiger partial charge in [-0.05, 0) is 54.3 Å². The summed E-state index contributed by atoms with van der Waals surface area (Å²) >= 11 is 5.05. The van der Waals surface area contributed by atoms with Gasteiger partial charge < -0.3 is 9.84 Å². The molecule has 0 radical (unpaired) electrons. The predicted octanol–water partition coefficient (Wildman–Crippen LogP) is 5.36. The Bertz CT molecular complexity index is 981. The van der Waals surface area contributed by atoms with Crippen LogP contribution in [0.5, 0.6) is 5.75 Å². The molecule has 0 aliphatic rings. The fraction of sp³-hybridized carbons (Fsp3) is 0.143. The van der Waals surface area contributed by atoms with Crippen LogP contribution in [0.2, 0.25) is 0 Å². The summed E-state index contributed by atoms with van der Waals surface area (Å²) < 4.78 is 6.62. The van der Waals surface area contributed by atoms with Gasteiger partial charge in [0.1, 0.15) is 5.75 Å². The summed E-state index contributed by atoms with van der Waals surface area (Å²) in [4.78, 5) is 16.2. The SMILES string of the molecule is O=C(O)CCCOc1cccc(S/C=C/c2ccc3ccc(Br)cc3n2)c1.[NaH]. The summed E-state index contributed by atoms with van der Waals surface area (Å²) in [5, 5.41) is 11.7. The van der Waals surface area contributed by atoms with Crippen LogP contribution in [0, 0.1) is 0 Å². The number of ether oxygens (including phenoxy) is 1. The summed E-state index contributed by atoms with van der Waals surface area (Å²) in [6.07, 6.45) is 2.59. The second-order valence-corrected chi connectivity index (χ2v) is 7.71. The number of hydrogen-bond acceptors (Lipinski definition) is 4. The van der Waals surface area contributed by atoms with E-state index in [1.807, 2.05) is 60.0 Å². The van der Waals surface area contributed by atoms with Crippen LogP contribution < -0.4 is 4.74 Å². The van der Waals surface area contributed by atoms with Crippen LogP contribution in [0.4, 0.5) is 0 Å². The first-order valence-corrected chi connectivity index (χ1v) is 10.1. The Morgan fingerprint density at radius 3 is 2.82 bits per heavy atom. The number of benzene rings is 2. The molecule has 140 valence electrons. The van der Waals surface area contributed by atoms with Crippen molar-refractivity contribution in [1.29, 1.82) is 0 Å². The van der Waals surface area contributed by atoms with Gasteiger partial charge in [0.05, 0.1) is 17.8 Å². The van der Waals surface area contributed by atoms with Gasteiger partial charge >= 0.3 is 35.5 Å². The van der Waals surface area contributed by atoms with E-state index in [-0.39, 0.29) is 36.0 Å². The number of carboxylic acids is 1. The zero-order valence-corrected chi connectivity index (χ0v) is 16.9. The summed E-state index contributed by atoms with van der Waals surface area (Å²) in [5.41, 5.74) is 1.85. The number of hydrogen-bond donors (Lipinski definition) is 1. The van der Waals surface area contributed by atoms with E-state index in [1.54, 1.807) is 11.8 Å². The van der Waals surface area contributed by atoms with Crippen molar-refractivity contribution < 1.29 is 14.6 Å². The van der Waals surface area contributed by atoms with Crippen molar-refractivity contribution in [2.24, 2.45) is 0 Å². The number of aromatic nitrogens is 1. The zero-order chi connectivity index (χ0) is 19.1. The molecule has 0 fully saturated rings. The normalized spacial score (nSPS) is 10.8. The standard InChI is InChI=1S/C21H18BrNO3S.Na.H/c22-16-8-6-15-7-9-17(23-20(15)13-16)10-12-27-19-4-1-3-18(14-19)26-11-2-5-21(24)25;;/h1,3-4,6-10,12-14H,2,5,11H2,(H,24,25);;/b12-10+;;. The van der Waals surface area contributed by atoms with Gasteiger partial charge in [-0.15, -0.1) is 0 Å². The minimum absolute atomic E-state index is 0. The molecule has 1 N–H and O–H groups in total. The number of thioether (sulfide) groups is 1. The summed E-state index contributed by atoms with van der Waals surface area (Å²) in [5.74, 6) is -0.0600. The van der Waals surface area contributed by atoms with E-state index >= 15 is 0 Å². The third-order valence-electron chi connectivity index (χ3n) is 3.73. The number of carboxylic acid groups (broad SMARTS) is 1. The second kappa shape index (κ2) is 11.6. The van der Waals surface area contributed by atoms with Crippen LogP contribution in [-0.4, -0.2) is 52.2 Å². The van der Waals surface area contributed by atoms with Gasteiger partial charge in [-0.25, -0.2) is 4.98 Å². The van der Waals surface area contributed by atoms with Crippen LogP contribution in [0.1, 0.15) is 18.5 Å². The maximum absolute atomic E-state index is 10.5. The Kier molecular flexibility index (Phi) is 9.55. The van der Waals surface area contributed by atoms with Crippen LogP contribution in [0.25, 0.3) is 17.0 Å². The summed E-state index contributed by atoms with van der Waals surface area (Å²) in [6, 6.07) is 17.9. The van der Waals surface area contributed by atoms with Gasteiger partial charge in [0.25, 0.3) is 0 Å². The van der Waals surface area contributed by atoms with Crippen molar-refractivity contribution in [2.45, 2.75) is 17.7 Å². The maximum atomic E-state index is 10.5. The third-order valence-corrected chi connectivity index (χ3v) is 5.02. The predicted molar refractivity (Wildman–Crippen MR) is 120 cm³/mol. The Morgan fingerprint density at radius 1 is 1.18 bits per heavy atom. The molecule has 0 saturated heterocycles. The Hall–Kier alpha value is -1.31. The molecule has 3 aromatic rings. The van der Waals surface area contributed by atoms with E-state index in [1.165, 1.54) is 0 Å². The van der Waals surface area contributed by atoms with E-state index in [4.69, 9.17) is 9.84 Å². The molecular formula is C21H19BrNNaO3S. The van der Waals surface area contributed by atoms with Gasteiger partial charge in [0.15, 0.2) is 0 Å². The molecule has 0 unspecified atom stereocenters. The summed E-state index contributed by atoms with van der Waals surface area (Å²) in [7, 11) is 0. The van der Waals surface area contributed by atoms with E-state index in [9.17, 15) is 4.79 Å². The molecule has 0 atom stereocenters. The van der Waals surface area contributed by atoms with E-state index in [2.05, 4.69) is 27.0 Å². The average Bonchev–Trinajstić information content (AvgIpc) is 2.65.